The Bertz CT molecular complexity index is 2790. The first-order chi connectivity index (χ1) is 30.0. The van der Waals surface area contributed by atoms with Crippen LogP contribution < -0.4 is 26.6 Å². The molecule has 0 atom stereocenters. The van der Waals surface area contributed by atoms with Crippen LogP contribution in [-0.2, 0) is 35.9 Å². The predicted molar refractivity (Wildman–Crippen MR) is 235 cm³/mol. The summed E-state index contributed by atoms with van der Waals surface area (Å²) in [4.78, 5) is 40.4. The minimum atomic E-state index is -3.62. The number of ketones is 1. The first-order valence-electron chi connectivity index (χ1n) is 19.3. The number of Topliss-reactive ketones (excluding diaryl/α,β-unsaturated/α-hetero) is 1. The van der Waals surface area contributed by atoms with E-state index < -0.39 is 26.0 Å². The number of aryl methyl sites for hydroxylation is 2. The number of nitrogens with two attached hydrogens (primary N) is 3. The topological polar surface area (TPSA) is 295 Å². The van der Waals surface area contributed by atoms with Crippen LogP contribution in [-0.4, -0.2) is 92.1 Å². The molecule has 2 fully saturated rings. The van der Waals surface area contributed by atoms with Gasteiger partial charge in [-0.3, -0.25) is 4.79 Å². The van der Waals surface area contributed by atoms with Gasteiger partial charge in [-0.25, -0.2) is 51.0 Å². The summed E-state index contributed by atoms with van der Waals surface area (Å²) in [6.45, 7) is 5.58. The van der Waals surface area contributed by atoms with Crippen LogP contribution in [0.25, 0.3) is 22.5 Å². The fourth-order valence-corrected chi connectivity index (χ4v) is 8.18. The number of sulfonamides is 2. The van der Waals surface area contributed by atoms with Crippen molar-refractivity contribution in [3.8, 4) is 22.5 Å². The minimum absolute atomic E-state index is 0.0282. The van der Waals surface area contributed by atoms with E-state index in [4.69, 9.17) is 31.8 Å². The second kappa shape index (κ2) is 20.0. The van der Waals surface area contributed by atoms with Crippen molar-refractivity contribution < 1.29 is 41.0 Å². The molecule has 8 rings (SSSR count). The summed E-state index contributed by atoms with van der Waals surface area (Å²) < 4.78 is 63.2. The molecule has 63 heavy (non-hydrogen) atoms. The number of carbonyl (C=O) groups is 2. The number of carboxylic acid groups (broad SMARTS) is 1. The van der Waals surface area contributed by atoms with Crippen molar-refractivity contribution in [2.45, 2.75) is 42.1 Å². The molecular weight excluding hydrogens is 851 g/mol. The molecule has 6 aromatic rings. The van der Waals surface area contributed by atoms with E-state index in [1.807, 2.05) is 62.4 Å². The molecule has 0 bridgehead atoms. The molecule has 2 aliphatic heterocycles. The first-order valence-corrected chi connectivity index (χ1v) is 22.2. The molecule has 4 heterocycles. The van der Waals surface area contributed by atoms with Crippen LogP contribution in [0.15, 0.2) is 119 Å². The van der Waals surface area contributed by atoms with Crippen LogP contribution in [0.3, 0.4) is 0 Å². The van der Waals surface area contributed by atoms with Crippen molar-refractivity contribution in [3.05, 3.63) is 138 Å². The summed E-state index contributed by atoms with van der Waals surface area (Å²) in [5.41, 5.74) is 22.8. The van der Waals surface area contributed by atoms with E-state index in [2.05, 4.69) is 29.4 Å². The number of ether oxygens (including phenoxy) is 2. The highest BCUT2D eigenvalue weighted by Gasteiger charge is 2.27. The van der Waals surface area contributed by atoms with Gasteiger partial charge in [0.1, 0.15) is 5.69 Å². The Morgan fingerprint density at radius 1 is 0.619 bits per heavy atom. The lowest BCUT2D eigenvalue weighted by molar-refractivity contribution is 0.00481. The summed E-state index contributed by atoms with van der Waals surface area (Å²) in [5, 5.41) is 8.90. The Morgan fingerprint density at radius 2 is 1.02 bits per heavy atom. The summed E-state index contributed by atoms with van der Waals surface area (Å²) in [6.07, 6.45) is 3.03. The number of rotatable bonds is 12. The average molecular weight is 896 g/mol. The van der Waals surface area contributed by atoms with E-state index in [9.17, 15) is 26.4 Å². The van der Waals surface area contributed by atoms with Gasteiger partial charge in [0.25, 0.3) is 0 Å². The van der Waals surface area contributed by atoms with E-state index in [0.717, 1.165) is 22.3 Å². The highest BCUT2D eigenvalue weighted by Crippen LogP contribution is 2.22. The summed E-state index contributed by atoms with van der Waals surface area (Å²) in [5.74, 6) is -1.48. The lowest BCUT2D eigenvalue weighted by Gasteiger charge is -2.26. The van der Waals surface area contributed by atoms with Crippen molar-refractivity contribution in [2.24, 2.45) is 0 Å². The molecule has 0 unspecified atom stereocenters. The van der Waals surface area contributed by atoms with Gasteiger partial charge in [0.15, 0.2) is 23.1 Å². The van der Waals surface area contributed by atoms with Crippen molar-refractivity contribution in [1.29, 1.82) is 0 Å². The Morgan fingerprint density at radius 3 is 1.41 bits per heavy atom. The van der Waals surface area contributed by atoms with Crippen LogP contribution in [0.5, 0.6) is 0 Å². The van der Waals surface area contributed by atoms with E-state index in [0.29, 0.717) is 49.1 Å². The smallest absolute Gasteiger partial charge is 0.358 e. The average Bonchev–Trinajstić information content (AvgIpc) is 3.22. The number of hydrogen-bond donors (Lipinski definition) is 6. The quantitative estimate of drug-likeness (QED) is 0.0752. The van der Waals surface area contributed by atoms with E-state index in [-0.39, 0.29) is 57.1 Å². The Labute approximate surface area is 364 Å². The zero-order chi connectivity index (χ0) is 45.3. The number of hydrogen-bond acceptors (Lipinski definition) is 15. The number of carboxylic acids is 1. The van der Waals surface area contributed by atoms with Crippen molar-refractivity contribution in [3.63, 3.8) is 0 Å². The standard InChI is InChI=1S/C22H22N4O4S.C12H11N3O2.C9H12N2O3S/c1-14-2-6-16(7-3-14)19-11-24-22(23)21(25-19)20(27)10-15-4-8-18(9-5-15)31(28,29)26-17-12-30-13-17;1-7-2-4-8(5-3-7)9-6-14-11(13)10(15-9)12(16)17;10-7-1-3-9(4-2-7)15(12,13)11-8-5-14-6-8/h2-9,11,17,26H,10,12-13H2,1H3,(H2,23,24);2-6H,1H3,(H2,13,14)(H,16,17);1-4,8,11H,5-6,10H2. The Hall–Kier alpha value is -6.68. The molecule has 20 heteroatoms. The van der Waals surface area contributed by atoms with Crippen LogP contribution in [0.4, 0.5) is 17.3 Å². The largest absolute Gasteiger partial charge is 0.476 e. The zero-order valence-electron chi connectivity index (χ0n) is 34.1. The van der Waals surface area contributed by atoms with Gasteiger partial charge >= 0.3 is 5.97 Å². The molecule has 328 valence electrons. The van der Waals surface area contributed by atoms with Crippen molar-refractivity contribution in [1.82, 2.24) is 29.4 Å². The molecule has 18 nitrogen and oxygen atoms in total. The van der Waals surface area contributed by atoms with Crippen LogP contribution in [0, 0.1) is 13.8 Å². The first kappa shape index (κ1) is 45.8. The number of carbonyl (C=O) groups excluding carboxylic acids is 1. The van der Waals surface area contributed by atoms with Crippen LogP contribution in [0.1, 0.15) is 37.7 Å². The summed E-state index contributed by atoms with van der Waals surface area (Å²) >= 11 is 0. The van der Waals surface area contributed by atoms with Gasteiger partial charge in [-0.05, 0) is 55.8 Å². The highest BCUT2D eigenvalue weighted by atomic mass is 32.2. The van der Waals surface area contributed by atoms with Crippen molar-refractivity contribution in [2.75, 3.05) is 43.6 Å². The van der Waals surface area contributed by atoms with Gasteiger partial charge in [0.05, 0.1) is 72.1 Å². The van der Waals surface area contributed by atoms with Crippen molar-refractivity contribution >= 4 is 49.1 Å². The SMILES string of the molecule is Cc1ccc(-c2cnc(N)c(C(=O)Cc3ccc(S(=O)(=O)NC4COC4)cc3)n2)cc1.Cc1ccc(-c2cnc(N)c(C(=O)O)n2)cc1.Nc1ccc(S(=O)(=O)NC2COC2)cc1. The molecular formula is C43H45N9O9S2. The lowest BCUT2D eigenvalue weighted by Crippen LogP contribution is -2.48. The monoisotopic (exact) mass is 895 g/mol. The van der Waals surface area contributed by atoms with Gasteiger partial charge in [-0.2, -0.15) is 0 Å². The van der Waals surface area contributed by atoms with Gasteiger partial charge in [-0.1, -0.05) is 71.8 Å². The number of benzene rings is 4. The Balaban J connectivity index is 0.000000174. The number of anilines is 3. The molecule has 4 aromatic carbocycles. The molecule has 2 saturated heterocycles. The number of aromatic nitrogens is 4. The van der Waals surface area contributed by atoms with Gasteiger partial charge in [0, 0.05) is 23.2 Å². The maximum absolute atomic E-state index is 12.8. The van der Waals surface area contributed by atoms with E-state index in [1.54, 1.807) is 24.3 Å². The number of nitrogens with zero attached hydrogens (tertiary/aromatic N) is 4. The number of nitrogen functional groups attached to an aromatic ring is 3. The highest BCUT2D eigenvalue weighted by molar-refractivity contribution is 7.89. The summed E-state index contributed by atoms with van der Waals surface area (Å²) in [7, 11) is -7.04. The van der Waals surface area contributed by atoms with E-state index >= 15 is 0 Å². The molecule has 0 spiro atoms. The maximum Gasteiger partial charge on any atom is 0.358 e. The van der Waals surface area contributed by atoms with E-state index in [1.165, 1.54) is 36.7 Å². The zero-order valence-corrected chi connectivity index (χ0v) is 35.8. The lowest BCUT2D eigenvalue weighted by atomic mass is 10.1. The molecule has 0 radical (unpaired) electrons. The van der Waals surface area contributed by atoms with Gasteiger partial charge < -0.3 is 31.8 Å². The Kier molecular flexibility index (Phi) is 14.6. The fraction of sp³-hybridized carbons (Fsp3) is 0.209. The molecule has 2 aliphatic rings. The molecule has 2 aromatic heterocycles. The van der Waals surface area contributed by atoms with Gasteiger partial charge in [-0.15, -0.1) is 0 Å². The third-order valence-electron chi connectivity index (χ3n) is 9.47. The van der Waals surface area contributed by atoms with Gasteiger partial charge in [0.2, 0.25) is 20.0 Å². The normalized spacial score (nSPS) is 13.9. The molecule has 0 saturated carbocycles. The second-order valence-electron chi connectivity index (χ2n) is 14.5. The molecule has 0 aliphatic carbocycles. The molecule has 0 amide bonds. The predicted octanol–water partition coefficient (Wildman–Crippen LogP) is 3.82. The fourth-order valence-electron chi connectivity index (χ4n) is 5.77. The third-order valence-corrected chi connectivity index (χ3v) is 12.5. The second-order valence-corrected chi connectivity index (χ2v) is 18.0. The molecule has 9 N–H and O–H groups in total. The third kappa shape index (κ3) is 12.2. The summed E-state index contributed by atoms with van der Waals surface area (Å²) in [6, 6.07) is 27.3. The number of aromatic carboxylic acids is 1. The minimum Gasteiger partial charge on any atom is -0.476 e. The number of nitrogens with one attached hydrogen (secondary N) is 2. The maximum atomic E-state index is 12.8. The van der Waals surface area contributed by atoms with Crippen LogP contribution >= 0.6 is 0 Å². The van der Waals surface area contributed by atoms with Crippen LogP contribution in [0.2, 0.25) is 0 Å².